The highest BCUT2D eigenvalue weighted by molar-refractivity contribution is 9.10. The average Bonchev–Trinajstić information content (AvgIpc) is 2.66. The molecule has 0 saturated heterocycles. The van der Waals surface area contributed by atoms with E-state index in [1.165, 1.54) is 0 Å². The lowest BCUT2D eigenvalue weighted by molar-refractivity contribution is -0.146. The Labute approximate surface area is 162 Å². The number of aromatic nitrogens is 2. The van der Waals surface area contributed by atoms with Crippen LogP contribution in [0.3, 0.4) is 0 Å². The number of halogens is 1. The fraction of sp³-hybridized carbons (Fsp3) is 0.158. The predicted molar refractivity (Wildman–Crippen MR) is 105 cm³/mol. The van der Waals surface area contributed by atoms with E-state index in [9.17, 15) is 14.4 Å². The molecule has 0 fully saturated rings. The summed E-state index contributed by atoms with van der Waals surface area (Å²) in [7, 11) is 0. The van der Waals surface area contributed by atoms with E-state index in [4.69, 9.17) is 4.74 Å². The molecule has 2 N–H and O–H groups in total. The summed E-state index contributed by atoms with van der Waals surface area (Å²) in [5.74, 6) is -1.05. The van der Waals surface area contributed by atoms with Gasteiger partial charge in [-0.05, 0) is 36.8 Å². The Morgan fingerprint density at radius 2 is 1.93 bits per heavy atom. The van der Waals surface area contributed by atoms with Gasteiger partial charge in [0, 0.05) is 15.5 Å². The number of hydrogen-bond donors (Lipinski definition) is 2. The van der Waals surface area contributed by atoms with E-state index in [0.717, 1.165) is 10.0 Å². The number of ether oxygens (including phenoxy) is 1. The maximum atomic E-state index is 12.1. The summed E-state index contributed by atoms with van der Waals surface area (Å²) >= 11 is 3.39. The van der Waals surface area contributed by atoms with Gasteiger partial charge in [0.1, 0.15) is 0 Å². The minimum absolute atomic E-state index is 0.151. The molecule has 0 bridgehead atoms. The van der Waals surface area contributed by atoms with Crippen molar-refractivity contribution in [1.82, 2.24) is 10.2 Å². The fourth-order valence-electron chi connectivity index (χ4n) is 2.56. The van der Waals surface area contributed by atoms with Crippen LogP contribution in [0.25, 0.3) is 10.8 Å². The molecule has 138 valence electrons. The zero-order valence-corrected chi connectivity index (χ0v) is 16.0. The molecule has 0 aliphatic heterocycles. The van der Waals surface area contributed by atoms with Gasteiger partial charge in [-0.1, -0.05) is 34.1 Å². The SMILES string of the molecule is Cc1cc(NC(=O)COC(=O)Cc2n[nH]c(=O)c3ccccc23)ccc1Br. The van der Waals surface area contributed by atoms with Crippen molar-refractivity contribution in [2.45, 2.75) is 13.3 Å². The van der Waals surface area contributed by atoms with Crippen LogP contribution in [-0.4, -0.2) is 28.7 Å². The number of benzene rings is 2. The number of fused-ring (bicyclic) bond motifs is 1. The number of aryl methyl sites for hydroxylation is 1. The summed E-state index contributed by atoms with van der Waals surface area (Å²) in [6, 6.07) is 12.2. The lowest BCUT2D eigenvalue weighted by Crippen LogP contribution is -2.22. The average molecular weight is 430 g/mol. The largest absolute Gasteiger partial charge is 0.455 e. The minimum atomic E-state index is -0.609. The molecule has 0 spiro atoms. The zero-order chi connectivity index (χ0) is 19.4. The number of carbonyl (C=O) groups excluding carboxylic acids is 2. The number of aromatic amines is 1. The van der Waals surface area contributed by atoms with Crippen molar-refractivity contribution < 1.29 is 14.3 Å². The zero-order valence-electron chi connectivity index (χ0n) is 14.4. The molecule has 3 rings (SSSR count). The van der Waals surface area contributed by atoms with Crippen LogP contribution in [0.15, 0.2) is 51.7 Å². The van der Waals surface area contributed by atoms with Gasteiger partial charge in [0.15, 0.2) is 6.61 Å². The summed E-state index contributed by atoms with van der Waals surface area (Å²) in [5.41, 5.74) is 1.65. The van der Waals surface area contributed by atoms with Crippen LogP contribution in [-0.2, 0) is 20.7 Å². The van der Waals surface area contributed by atoms with Crippen LogP contribution in [0.5, 0.6) is 0 Å². The van der Waals surface area contributed by atoms with Crippen LogP contribution in [0.2, 0.25) is 0 Å². The molecule has 7 nitrogen and oxygen atoms in total. The van der Waals surface area contributed by atoms with Gasteiger partial charge in [0.2, 0.25) is 0 Å². The molecule has 1 heterocycles. The van der Waals surface area contributed by atoms with Crippen LogP contribution in [0, 0.1) is 6.92 Å². The molecule has 0 aliphatic rings. The highest BCUT2D eigenvalue weighted by Crippen LogP contribution is 2.20. The highest BCUT2D eigenvalue weighted by atomic mass is 79.9. The number of hydrogen-bond acceptors (Lipinski definition) is 5. The third-order valence-electron chi connectivity index (χ3n) is 3.89. The number of esters is 1. The van der Waals surface area contributed by atoms with Crippen molar-refractivity contribution in [3.8, 4) is 0 Å². The lowest BCUT2D eigenvalue weighted by Gasteiger charge is -2.08. The van der Waals surface area contributed by atoms with Crippen molar-refractivity contribution in [2.24, 2.45) is 0 Å². The number of anilines is 1. The Balaban J connectivity index is 1.60. The fourth-order valence-corrected chi connectivity index (χ4v) is 2.81. The number of nitrogens with one attached hydrogen (secondary N) is 2. The molecule has 3 aromatic rings. The number of carbonyl (C=O) groups is 2. The Morgan fingerprint density at radius 1 is 1.19 bits per heavy atom. The van der Waals surface area contributed by atoms with E-state index < -0.39 is 18.5 Å². The molecule has 0 radical (unpaired) electrons. The Bertz CT molecular complexity index is 1080. The summed E-state index contributed by atoms with van der Waals surface area (Å²) in [6.45, 7) is 1.50. The number of nitrogens with zero attached hydrogens (tertiary/aromatic N) is 1. The van der Waals surface area contributed by atoms with Gasteiger partial charge in [-0.15, -0.1) is 0 Å². The summed E-state index contributed by atoms with van der Waals surface area (Å²) < 4.78 is 5.96. The molecular weight excluding hydrogens is 414 g/mol. The van der Waals surface area contributed by atoms with Gasteiger partial charge in [0.25, 0.3) is 11.5 Å². The van der Waals surface area contributed by atoms with E-state index >= 15 is 0 Å². The van der Waals surface area contributed by atoms with E-state index in [-0.39, 0.29) is 12.0 Å². The van der Waals surface area contributed by atoms with Gasteiger partial charge in [-0.25, -0.2) is 5.10 Å². The molecule has 2 aromatic carbocycles. The van der Waals surface area contributed by atoms with Crippen molar-refractivity contribution in [2.75, 3.05) is 11.9 Å². The van der Waals surface area contributed by atoms with Crippen molar-refractivity contribution in [3.05, 3.63) is 68.5 Å². The van der Waals surface area contributed by atoms with Crippen LogP contribution >= 0.6 is 15.9 Å². The molecule has 8 heteroatoms. The quantitative estimate of drug-likeness (QED) is 0.607. The second-order valence-corrected chi connectivity index (χ2v) is 6.75. The Hall–Kier alpha value is -3.00. The standard InChI is InChI=1S/C19H16BrN3O4/c1-11-8-12(6-7-15(11)20)21-17(24)10-27-18(25)9-16-13-4-2-3-5-14(13)19(26)23-22-16/h2-8H,9-10H2,1H3,(H,21,24)(H,23,26). The smallest absolute Gasteiger partial charge is 0.312 e. The van der Waals surface area contributed by atoms with Gasteiger partial charge >= 0.3 is 5.97 Å². The molecule has 0 aliphatic carbocycles. The number of amides is 1. The van der Waals surface area contributed by atoms with Crippen molar-refractivity contribution in [3.63, 3.8) is 0 Å². The lowest BCUT2D eigenvalue weighted by atomic mass is 10.1. The topological polar surface area (TPSA) is 101 Å². The molecule has 27 heavy (non-hydrogen) atoms. The monoisotopic (exact) mass is 429 g/mol. The first-order valence-electron chi connectivity index (χ1n) is 8.12. The summed E-state index contributed by atoms with van der Waals surface area (Å²) in [6.07, 6.45) is -0.151. The molecule has 1 aromatic heterocycles. The van der Waals surface area contributed by atoms with Crippen molar-refractivity contribution in [1.29, 1.82) is 0 Å². The molecule has 0 unspecified atom stereocenters. The van der Waals surface area contributed by atoms with E-state index in [1.54, 1.807) is 36.4 Å². The van der Waals surface area contributed by atoms with Crippen LogP contribution in [0.1, 0.15) is 11.3 Å². The second kappa shape index (κ2) is 8.13. The molecule has 1 amide bonds. The minimum Gasteiger partial charge on any atom is -0.455 e. The van der Waals surface area contributed by atoms with Crippen LogP contribution in [0.4, 0.5) is 5.69 Å². The first-order chi connectivity index (χ1) is 12.9. The van der Waals surface area contributed by atoms with Gasteiger partial charge in [0.05, 0.1) is 17.5 Å². The van der Waals surface area contributed by atoms with Gasteiger partial charge in [-0.3, -0.25) is 14.4 Å². The Morgan fingerprint density at radius 3 is 2.67 bits per heavy atom. The Kier molecular flexibility index (Phi) is 5.66. The number of rotatable bonds is 5. The molecular formula is C19H16BrN3O4. The predicted octanol–water partition coefficient (Wildman–Crippen LogP) is 2.72. The first kappa shape index (κ1) is 18.8. The third kappa shape index (κ3) is 4.59. The summed E-state index contributed by atoms with van der Waals surface area (Å²) in [4.78, 5) is 35.8. The van der Waals surface area contributed by atoms with E-state index in [0.29, 0.717) is 22.2 Å². The molecule has 0 saturated carbocycles. The number of H-pyrrole nitrogens is 1. The maximum absolute atomic E-state index is 12.1. The second-order valence-electron chi connectivity index (χ2n) is 5.89. The highest BCUT2D eigenvalue weighted by Gasteiger charge is 2.13. The maximum Gasteiger partial charge on any atom is 0.312 e. The first-order valence-corrected chi connectivity index (χ1v) is 8.91. The normalized spacial score (nSPS) is 10.6. The van der Waals surface area contributed by atoms with Gasteiger partial charge in [-0.2, -0.15) is 5.10 Å². The third-order valence-corrected chi connectivity index (χ3v) is 4.78. The van der Waals surface area contributed by atoms with Crippen LogP contribution < -0.4 is 10.9 Å². The van der Waals surface area contributed by atoms with E-state index in [2.05, 4.69) is 31.4 Å². The van der Waals surface area contributed by atoms with E-state index in [1.807, 2.05) is 13.0 Å². The van der Waals surface area contributed by atoms with Gasteiger partial charge < -0.3 is 10.1 Å². The van der Waals surface area contributed by atoms with Crippen molar-refractivity contribution >= 4 is 44.3 Å². The molecule has 0 atom stereocenters. The summed E-state index contributed by atoms with van der Waals surface area (Å²) in [5, 5.41) is 9.96.